The smallest absolute Gasteiger partial charge is 0.243 e. The molecule has 0 amide bonds. The summed E-state index contributed by atoms with van der Waals surface area (Å²) in [7, 11) is 0. The first-order valence-corrected chi connectivity index (χ1v) is 6.58. The van der Waals surface area contributed by atoms with Crippen LogP contribution in [0, 0.1) is 3.57 Å². The third kappa shape index (κ3) is 3.66. The lowest BCUT2D eigenvalue weighted by atomic mass is 10.0. The van der Waals surface area contributed by atoms with Crippen LogP contribution >= 0.6 is 22.6 Å². The van der Waals surface area contributed by atoms with Gasteiger partial charge in [0.15, 0.2) is 0 Å². The van der Waals surface area contributed by atoms with Gasteiger partial charge in [-0.3, -0.25) is 0 Å². The number of nitrogens with zero attached hydrogens (tertiary/aromatic N) is 1. The number of benzene rings is 1. The number of pyridine rings is 1. The Hall–Kier alpha value is -1.32. The largest absolute Gasteiger partial charge is 0.433 e. The fraction of sp³-hybridized carbons (Fsp3) is 0.154. The highest BCUT2D eigenvalue weighted by Crippen LogP contribution is 2.38. The van der Waals surface area contributed by atoms with Gasteiger partial charge >= 0.3 is 12.4 Å². The van der Waals surface area contributed by atoms with Gasteiger partial charge in [0, 0.05) is 9.13 Å². The molecule has 0 radical (unpaired) electrons. The third-order valence-electron chi connectivity index (χ3n) is 2.59. The number of hydrogen-bond acceptors (Lipinski definition) is 1. The van der Waals surface area contributed by atoms with E-state index in [0.29, 0.717) is 0 Å². The van der Waals surface area contributed by atoms with Gasteiger partial charge in [-0.1, -0.05) is 18.2 Å². The van der Waals surface area contributed by atoms with Crippen molar-refractivity contribution in [3.05, 3.63) is 51.2 Å². The van der Waals surface area contributed by atoms with Gasteiger partial charge in [-0.05, 0) is 40.8 Å². The van der Waals surface area contributed by atoms with Crippen molar-refractivity contribution >= 4 is 22.6 Å². The quantitative estimate of drug-likeness (QED) is 0.448. The molecule has 0 aliphatic heterocycles. The average molecular weight is 417 g/mol. The van der Waals surface area contributed by atoms with Gasteiger partial charge in [0.1, 0.15) is 5.69 Å². The molecule has 2 aromatic rings. The molecule has 0 aliphatic carbocycles. The molecule has 1 nitrogen and oxygen atoms in total. The van der Waals surface area contributed by atoms with Gasteiger partial charge in [-0.25, -0.2) is 4.98 Å². The van der Waals surface area contributed by atoms with E-state index in [1.54, 1.807) is 22.6 Å². The van der Waals surface area contributed by atoms with Gasteiger partial charge in [-0.2, -0.15) is 26.3 Å². The molecule has 0 N–H and O–H groups in total. The first-order valence-electron chi connectivity index (χ1n) is 5.50. The molecule has 1 aromatic heterocycles. The Morgan fingerprint density at radius 2 is 1.48 bits per heavy atom. The monoisotopic (exact) mass is 417 g/mol. The number of alkyl halides is 6. The molecule has 0 atom stereocenters. The van der Waals surface area contributed by atoms with Crippen LogP contribution < -0.4 is 0 Å². The van der Waals surface area contributed by atoms with Crippen molar-refractivity contribution in [3.63, 3.8) is 0 Å². The summed E-state index contributed by atoms with van der Waals surface area (Å²) in [6.45, 7) is 0. The Morgan fingerprint density at radius 3 is 2.05 bits per heavy atom. The molecule has 0 fully saturated rings. The van der Waals surface area contributed by atoms with Crippen LogP contribution in [0.2, 0.25) is 0 Å². The standard InChI is InChI=1S/C13H6F6IN/c14-12(15,16)9-4-2-1-3-8(9)10-5-7(20)6-11(21-10)13(17,18)19/h1-6H. The molecular formula is C13H6F6IN. The Bertz CT molecular complexity index is 662. The second-order valence-corrected chi connectivity index (χ2v) is 5.34. The SMILES string of the molecule is FC(F)(F)c1cc(I)cc(-c2ccccc2C(F)(F)F)n1. The molecular weight excluding hydrogens is 411 g/mol. The van der Waals surface area contributed by atoms with Gasteiger partial charge in [0.05, 0.1) is 11.3 Å². The second-order valence-electron chi connectivity index (χ2n) is 4.10. The summed E-state index contributed by atoms with van der Waals surface area (Å²) in [5.74, 6) is 0. The minimum atomic E-state index is -4.72. The van der Waals surface area contributed by atoms with Gasteiger partial charge in [0.25, 0.3) is 0 Å². The molecule has 0 aliphatic rings. The maximum absolute atomic E-state index is 12.9. The van der Waals surface area contributed by atoms with Crippen LogP contribution in [0.3, 0.4) is 0 Å². The lowest BCUT2D eigenvalue weighted by Crippen LogP contribution is -2.11. The fourth-order valence-corrected chi connectivity index (χ4v) is 2.32. The summed E-state index contributed by atoms with van der Waals surface area (Å²) in [4.78, 5) is 3.32. The van der Waals surface area contributed by atoms with Gasteiger partial charge in [0.2, 0.25) is 0 Å². The van der Waals surface area contributed by atoms with Crippen LogP contribution in [0.15, 0.2) is 36.4 Å². The average Bonchev–Trinajstić information content (AvgIpc) is 2.36. The zero-order valence-electron chi connectivity index (χ0n) is 10.1. The van der Waals surface area contributed by atoms with E-state index in [2.05, 4.69) is 4.98 Å². The van der Waals surface area contributed by atoms with Crippen molar-refractivity contribution in [2.75, 3.05) is 0 Å². The molecule has 0 saturated heterocycles. The van der Waals surface area contributed by atoms with E-state index in [0.717, 1.165) is 18.2 Å². The zero-order chi connectivity index (χ0) is 15.8. The summed E-state index contributed by atoms with van der Waals surface area (Å²) in [5, 5.41) is 0. The van der Waals surface area contributed by atoms with Crippen molar-refractivity contribution in [3.8, 4) is 11.3 Å². The molecule has 21 heavy (non-hydrogen) atoms. The van der Waals surface area contributed by atoms with E-state index in [1.165, 1.54) is 18.2 Å². The topological polar surface area (TPSA) is 12.9 Å². The van der Waals surface area contributed by atoms with Crippen LogP contribution in [0.4, 0.5) is 26.3 Å². The first kappa shape index (κ1) is 16.1. The fourth-order valence-electron chi connectivity index (χ4n) is 1.73. The molecule has 112 valence electrons. The molecule has 2 rings (SSSR count). The van der Waals surface area contributed by atoms with Crippen LogP contribution in [0.1, 0.15) is 11.3 Å². The van der Waals surface area contributed by atoms with Gasteiger partial charge in [-0.15, -0.1) is 0 Å². The first-order chi connectivity index (χ1) is 9.59. The Balaban J connectivity index is 2.66. The number of halogens is 7. The van der Waals surface area contributed by atoms with Crippen LogP contribution in [0.5, 0.6) is 0 Å². The Morgan fingerprint density at radius 1 is 0.857 bits per heavy atom. The highest BCUT2D eigenvalue weighted by atomic mass is 127. The van der Waals surface area contributed by atoms with E-state index in [4.69, 9.17) is 0 Å². The molecule has 1 aromatic carbocycles. The predicted molar refractivity (Wildman–Crippen MR) is 72.4 cm³/mol. The zero-order valence-corrected chi connectivity index (χ0v) is 12.2. The van der Waals surface area contributed by atoms with Crippen molar-refractivity contribution in [2.45, 2.75) is 12.4 Å². The summed E-state index contributed by atoms with van der Waals surface area (Å²) >= 11 is 1.61. The van der Waals surface area contributed by atoms with Gasteiger partial charge < -0.3 is 0 Å². The minimum Gasteiger partial charge on any atom is -0.243 e. The lowest BCUT2D eigenvalue weighted by Gasteiger charge is -2.14. The van der Waals surface area contributed by atoms with Crippen molar-refractivity contribution in [1.82, 2.24) is 4.98 Å². The number of hydrogen-bond donors (Lipinski definition) is 0. The molecule has 0 saturated carbocycles. The summed E-state index contributed by atoms with van der Waals surface area (Å²) in [6, 6.07) is 6.36. The predicted octanol–water partition coefficient (Wildman–Crippen LogP) is 5.39. The molecule has 1 heterocycles. The van der Waals surface area contributed by atoms with E-state index in [1.807, 2.05) is 0 Å². The Labute approximate surface area is 129 Å². The highest BCUT2D eigenvalue weighted by molar-refractivity contribution is 14.1. The van der Waals surface area contributed by atoms with E-state index >= 15 is 0 Å². The summed E-state index contributed by atoms with van der Waals surface area (Å²) in [6.07, 6.45) is -9.39. The molecule has 8 heteroatoms. The summed E-state index contributed by atoms with van der Waals surface area (Å²) < 4.78 is 77.0. The van der Waals surface area contributed by atoms with Crippen LogP contribution in [-0.4, -0.2) is 4.98 Å². The van der Waals surface area contributed by atoms with Crippen molar-refractivity contribution in [2.24, 2.45) is 0 Å². The van der Waals surface area contributed by atoms with E-state index in [-0.39, 0.29) is 14.8 Å². The minimum absolute atomic E-state index is 0.155. The second kappa shape index (κ2) is 5.47. The summed E-state index contributed by atoms with van der Waals surface area (Å²) in [5.41, 5.74) is -2.98. The van der Waals surface area contributed by atoms with Crippen LogP contribution in [0.25, 0.3) is 11.3 Å². The highest BCUT2D eigenvalue weighted by Gasteiger charge is 2.36. The third-order valence-corrected chi connectivity index (χ3v) is 3.21. The maximum atomic E-state index is 12.9. The molecule has 0 bridgehead atoms. The lowest BCUT2D eigenvalue weighted by molar-refractivity contribution is -0.141. The normalized spacial score (nSPS) is 12.5. The number of aromatic nitrogens is 1. The maximum Gasteiger partial charge on any atom is 0.433 e. The molecule has 0 unspecified atom stereocenters. The van der Waals surface area contributed by atoms with Crippen LogP contribution in [-0.2, 0) is 12.4 Å². The van der Waals surface area contributed by atoms with E-state index in [9.17, 15) is 26.3 Å². The Kier molecular flexibility index (Phi) is 4.18. The van der Waals surface area contributed by atoms with Crippen molar-refractivity contribution < 1.29 is 26.3 Å². The molecule has 0 spiro atoms. The number of rotatable bonds is 1. The van der Waals surface area contributed by atoms with E-state index < -0.39 is 23.6 Å². The van der Waals surface area contributed by atoms with Crippen molar-refractivity contribution in [1.29, 1.82) is 0 Å².